The fourth-order valence-corrected chi connectivity index (χ4v) is 3.75. The molecule has 1 saturated heterocycles. The molecule has 3 aromatic rings. The van der Waals surface area contributed by atoms with Crippen LogP contribution in [0.2, 0.25) is 5.02 Å². The van der Waals surface area contributed by atoms with E-state index in [1.807, 2.05) is 4.90 Å². The second kappa shape index (κ2) is 8.56. The summed E-state index contributed by atoms with van der Waals surface area (Å²) in [6.07, 6.45) is 0. The SMILES string of the molecule is CC(Nc1ccc(F)c(Cl)c1)c1cc(C(=O)O)cc2c(=O)cc(N3CCOCC3)oc12. The fourth-order valence-electron chi connectivity index (χ4n) is 3.57. The molecule has 162 valence electrons. The molecular weight excluding hydrogens is 427 g/mol. The monoisotopic (exact) mass is 446 g/mol. The topological polar surface area (TPSA) is 92.0 Å². The molecule has 7 nitrogen and oxygen atoms in total. The zero-order valence-corrected chi connectivity index (χ0v) is 17.4. The highest BCUT2D eigenvalue weighted by Gasteiger charge is 2.21. The number of halogens is 2. The lowest BCUT2D eigenvalue weighted by Crippen LogP contribution is -2.36. The minimum Gasteiger partial charge on any atom is -0.478 e. The minimum absolute atomic E-state index is 0.0280. The van der Waals surface area contributed by atoms with Crippen molar-refractivity contribution >= 4 is 40.1 Å². The second-order valence-electron chi connectivity index (χ2n) is 7.29. The van der Waals surface area contributed by atoms with Crippen molar-refractivity contribution in [3.63, 3.8) is 0 Å². The van der Waals surface area contributed by atoms with E-state index < -0.39 is 17.8 Å². The normalized spacial score (nSPS) is 15.1. The Bertz CT molecular complexity index is 1210. The molecule has 1 atom stereocenters. The molecule has 1 aliphatic rings. The summed E-state index contributed by atoms with van der Waals surface area (Å²) >= 11 is 5.86. The average molecular weight is 447 g/mol. The van der Waals surface area contributed by atoms with Crippen LogP contribution in [0.15, 0.2) is 45.6 Å². The summed E-state index contributed by atoms with van der Waals surface area (Å²) in [5, 5.41) is 12.8. The van der Waals surface area contributed by atoms with Gasteiger partial charge in [-0.2, -0.15) is 0 Å². The van der Waals surface area contributed by atoms with Crippen LogP contribution in [-0.2, 0) is 4.74 Å². The summed E-state index contributed by atoms with van der Waals surface area (Å²) in [7, 11) is 0. The van der Waals surface area contributed by atoms with Gasteiger partial charge in [-0.3, -0.25) is 4.79 Å². The van der Waals surface area contributed by atoms with Gasteiger partial charge in [-0.15, -0.1) is 0 Å². The van der Waals surface area contributed by atoms with E-state index in [9.17, 15) is 19.1 Å². The maximum atomic E-state index is 13.5. The summed E-state index contributed by atoms with van der Waals surface area (Å²) in [6.45, 7) is 4.00. The van der Waals surface area contributed by atoms with E-state index in [1.54, 1.807) is 6.92 Å². The van der Waals surface area contributed by atoms with Gasteiger partial charge in [-0.1, -0.05) is 11.6 Å². The number of nitrogens with one attached hydrogen (secondary N) is 1. The number of rotatable bonds is 5. The molecule has 1 unspecified atom stereocenters. The fraction of sp³-hybridized carbons (Fsp3) is 0.273. The molecule has 2 N–H and O–H groups in total. The first kappa shape index (κ1) is 21.1. The number of benzene rings is 2. The Labute approximate surface area is 182 Å². The van der Waals surface area contributed by atoms with Crippen LogP contribution in [0.25, 0.3) is 11.0 Å². The first-order valence-corrected chi connectivity index (χ1v) is 10.1. The Hall–Kier alpha value is -3.10. The van der Waals surface area contributed by atoms with Crippen molar-refractivity contribution in [2.75, 3.05) is 36.5 Å². The van der Waals surface area contributed by atoms with Crippen molar-refractivity contribution in [1.29, 1.82) is 0 Å². The van der Waals surface area contributed by atoms with Crippen LogP contribution in [0.5, 0.6) is 0 Å². The molecule has 1 aromatic heterocycles. The van der Waals surface area contributed by atoms with E-state index in [1.165, 1.54) is 36.4 Å². The molecule has 0 amide bonds. The average Bonchev–Trinajstić information content (AvgIpc) is 2.76. The number of aromatic carboxylic acids is 1. The van der Waals surface area contributed by atoms with Gasteiger partial charge in [0.15, 0.2) is 11.3 Å². The third-order valence-corrected chi connectivity index (χ3v) is 5.47. The molecule has 0 saturated carbocycles. The molecule has 2 aromatic carbocycles. The predicted octanol–water partition coefficient (Wildman–Crippen LogP) is 4.29. The number of nitrogens with zero attached hydrogens (tertiary/aromatic N) is 1. The lowest BCUT2D eigenvalue weighted by atomic mass is 10.0. The molecule has 4 rings (SSSR count). The number of ether oxygens (including phenoxy) is 1. The van der Waals surface area contributed by atoms with Crippen LogP contribution >= 0.6 is 11.6 Å². The Balaban J connectivity index is 1.82. The summed E-state index contributed by atoms with van der Waals surface area (Å²) in [6, 6.07) is 7.89. The molecule has 0 aliphatic carbocycles. The van der Waals surface area contributed by atoms with E-state index in [0.717, 1.165) is 0 Å². The smallest absolute Gasteiger partial charge is 0.335 e. The van der Waals surface area contributed by atoms with Gasteiger partial charge in [-0.05, 0) is 37.3 Å². The number of anilines is 2. The van der Waals surface area contributed by atoms with Crippen LogP contribution in [0.1, 0.15) is 28.9 Å². The largest absolute Gasteiger partial charge is 0.478 e. The highest BCUT2D eigenvalue weighted by molar-refractivity contribution is 6.31. The van der Waals surface area contributed by atoms with Gasteiger partial charge in [0.1, 0.15) is 11.4 Å². The number of carbonyl (C=O) groups is 1. The van der Waals surface area contributed by atoms with Crippen LogP contribution in [0, 0.1) is 5.82 Å². The summed E-state index contributed by atoms with van der Waals surface area (Å²) in [5.74, 6) is -1.29. The Morgan fingerprint density at radius 1 is 1.23 bits per heavy atom. The zero-order valence-electron chi connectivity index (χ0n) is 16.7. The van der Waals surface area contributed by atoms with Crippen molar-refractivity contribution in [2.24, 2.45) is 0 Å². The van der Waals surface area contributed by atoms with E-state index in [0.29, 0.717) is 49.0 Å². The van der Waals surface area contributed by atoms with Crippen LogP contribution < -0.4 is 15.6 Å². The highest BCUT2D eigenvalue weighted by Crippen LogP contribution is 2.31. The van der Waals surface area contributed by atoms with Gasteiger partial charge in [-0.25, -0.2) is 9.18 Å². The highest BCUT2D eigenvalue weighted by atomic mass is 35.5. The summed E-state index contributed by atoms with van der Waals surface area (Å²) in [5.41, 5.74) is 0.970. The maximum absolute atomic E-state index is 13.5. The molecule has 0 spiro atoms. The number of hydrogen-bond donors (Lipinski definition) is 2. The summed E-state index contributed by atoms with van der Waals surface area (Å²) in [4.78, 5) is 26.4. The molecule has 1 fully saturated rings. The van der Waals surface area contributed by atoms with Crippen LogP contribution in [0.3, 0.4) is 0 Å². The molecule has 1 aliphatic heterocycles. The molecule has 0 radical (unpaired) electrons. The first-order chi connectivity index (χ1) is 14.8. The summed E-state index contributed by atoms with van der Waals surface area (Å²) < 4.78 is 24.9. The number of fused-ring (bicyclic) bond motifs is 1. The van der Waals surface area contributed by atoms with Crippen molar-refractivity contribution < 1.29 is 23.4 Å². The second-order valence-corrected chi connectivity index (χ2v) is 7.70. The quantitative estimate of drug-likeness (QED) is 0.603. The number of carboxylic acids is 1. The predicted molar refractivity (Wildman–Crippen MR) is 116 cm³/mol. The van der Waals surface area contributed by atoms with Crippen molar-refractivity contribution in [3.05, 3.63) is 68.6 Å². The number of hydrogen-bond acceptors (Lipinski definition) is 6. The number of morpholine rings is 1. The van der Waals surface area contributed by atoms with E-state index in [2.05, 4.69) is 5.32 Å². The van der Waals surface area contributed by atoms with Gasteiger partial charge in [0.25, 0.3) is 0 Å². The third-order valence-electron chi connectivity index (χ3n) is 5.18. The van der Waals surface area contributed by atoms with Crippen molar-refractivity contribution in [3.8, 4) is 0 Å². The van der Waals surface area contributed by atoms with Gasteiger partial charge in [0.05, 0.1) is 35.2 Å². The molecular formula is C22H20ClFN2O5. The molecule has 2 heterocycles. The zero-order chi connectivity index (χ0) is 22.1. The standard InChI is InChI=1S/C22H20ClFN2O5/c1-12(25-14-2-3-18(24)17(23)10-14)15-8-13(22(28)29)9-16-19(27)11-20(31-21(15)16)26-4-6-30-7-5-26/h2-3,8-12,25H,4-7H2,1H3,(H,28,29). The van der Waals surface area contributed by atoms with Gasteiger partial charge >= 0.3 is 5.97 Å². The minimum atomic E-state index is -1.16. The third kappa shape index (κ3) is 4.35. The molecule has 31 heavy (non-hydrogen) atoms. The van der Waals surface area contributed by atoms with Crippen molar-refractivity contribution in [2.45, 2.75) is 13.0 Å². The van der Waals surface area contributed by atoms with Gasteiger partial charge in [0, 0.05) is 30.4 Å². The lowest BCUT2D eigenvalue weighted by molar-refractivity contribution is 0.0697. The van der Waals surface area contributed by atoms with Gasteiger partial charge < -0.3 is 24.5 Å². The van der Waals surface area contributed by atoms with E-state index in [4.69, 9.17) is 20.8 Å². The van der Waals surface area contributed by atoms with Crippen LogP contribution in [0.4, 0.5) is 16.0 Å². The first-order valence-electron chi connectivity index (χ1n) is 9.73. The number of carboxylic acid groups (broad SMARTS) is 1. The van der Waals surface area contributed by atoms with E-state index >= 15 is 0 Å². The molecule has 0 bridgehead atoms. The lowest BCUT2D eigenvalue weighted by Gasteiger charge is -2.27. The van der Waals surface area contributed by atoms with Crippen LogP contribution in [-0.4, -0.2) is 37.4 Å². The van der Waals surface area contributed by atoms with Gasteiger partial charge in [0.2, 0.25) is 0 Å². The molecule has 9 heteroatoms. The van der Waals surface area contributed by atoms with Crippen molar-refractivity contribution in [1.82, 2.24) is 0 Å². The Morgan fingerprint density at radius 2 is 1.97 bits per heavy atom. The van der Waals surface area contributed by atoms with E-state index in [-0.39, 0.29) is 21.4 Å². The Kier molecular flexibility index (Phi) is 5.84. The Morgan fingerprint density at radius 3 is 2.65 bits per heavy atom. The maximum Gasteiger partial charge on any atom is 0.335 e.